The molecule has 1 amide bonds. The third kappa shape index (κ3) is 1.03. The second-order valence-corrected chi connectivity index (χ2v) is 3.57. The normalized spacial score (nSPS) is 42.4. The summed E-state index contributed by atoms with van der Waals surface area (Å²) in [6.07, 6.45) is 3.62. The van der Waals surface area contributed by atoms with Crippen molar-refractivity contribution in [3.8, 4) is 0 Å². The maximum Gasteiger partial charge on any atom is 0.235 e. The summed E-state index contributed by atoms with van der Waals surface area (Å²) in [5.41, 5.74) is 5.31. The van der Waals surface area contributed by atoms with Gasteiger partial charge in [-0.25, -0.2) is 0 Å². The number of amides is 1. The zero-order valence-corrected chi connectivity index (χ0v) is 6.62. The van der Waals surface area contributed by atoms with Crippen LogP contribution in [0.5, 0.6) is 0 Å². The van der Waals surface area contributed by atoms with E-state index >= 15 is 0 Å². The Morgan fingerprint density at radius 2 is 2.18 bits per heavy atom. The molecule has 2 heterocycles. The lowest BCUT2D eigenvalue weighted by atomic mass is 9.92. The Hall–Kier alpha value is -0.570. The molecule has 2 aliphatic rings. The number of carbonyl (C=O) groups is 1. The molecule has 3 atom stereocenters. The van der Waals surface area contributed by atoms with Crippen LogP contribution in [-0.4, -0.2) is 29.9 Å². The van der Waals surface area contributed by atoms with Gasteiger partial charge in [0.15, 0.2) is 0 Å². The number of hydrogen-bond acceptors (Lipinski definition) is 2. The predicted molar refractivity (Wildman–Crippen MR) is 41.9 cm³/mol. The summed E-state index contributed by atoms with van der Waals surface area (Å²) >= 11 is 0. The molecule has 3 heteroatoms. The molecule has 3 unspecified atom stereocenters. The van der Waals surface area contributed by atoms with Gasteiger partial charge in [-0.05, 0) is 38.3 Å². The van der Waals surface area contributed by atoms with Crippen LogP contribution in [0.25, 0.3) is 0 Å². The molecule has 2 N–H and O–H groups in total. The molecular formula is C8H14N2O. The van der Waals surface area contributed by atoms with Crippen LogP contribution >= 0.6 is 0 Å². The standard InChI is InChI=1S/C8H14N2O/c9-8(11)7-6-2-1-4-10(7)5-3-6/h6-7H,1-5H2,(H2,9,11). The largest absolute Gasteiger partial charge is 0.368 e. The summed E-state index contributed by atoms with van der Waals surface area (Å²) in [6, 6.07) is 0.0729. The third-order valence-electron chi connectivity index (χ3n) is 2.94. The van der Waals surface area contributed by atoms with E-state index in [1.165, 1.54) is 19.3 Å². The first kappa shape index (κ1) is 7.10. The van der Waals surface area contributed by atoms with Crippen LogP contribution in [0.15, 0.2) is 0 Å². The SMILES string of the molecule is NC(=O)C1C2CCCN1CC2. The number of piperidine rings is 1. The molecular weight excluding hydrogens is 140 g/mol. The fourth-order valence-electron chi connectivity index (χ4n) is 2.45. The Bertz CT molecular complexity index is 165. The Kier molecular flexibility index (Phi) is 1.60. The Morgan fingerprint density at radius 3 is 2.73 bits per heavy atom. The molecule has 0 saturated carbocycles. The lowest BCUT2D eigenvalue weighted by Crippen LogP contribution is -2.46. The summed E-state index contributed by atoms with van der Waals surface area (Å²) in [5, 5.41) is 0. The van der Waals surface area contributed by atoms with E-state index in [2.05, 4.69) is 4.90 Å². The zero-order chi connectivity index (χ0) is 7.84. The van der Waals surface area contributed by atoms with Gasteiger partial charge in [-0.1, -0.05) is 0 Å². The molecule has 0 spiro atoms. The van der Waals surface area contributed by atoms with Gasteiger partial charge in [0.05, 0.1) is 6.04 Å². The van der Waals surface area contributed by atoms with Crippen molar-refractivity contribution in [2.75, 3.05) is 13.1 Å². The van der Waals surface area contributed by atoms with E-state index in [4.69, 9.17) is 5.73 Å². The van der Waals surface area contributed by atoms with Crippen LogP contribution in [0.4, 0.5) is 0 Å². The van der Waals surface area contributed by atoms with Crippen LogP contribution in [0.3, 0.4) is 0 Å². The molecule has 2 fully saturated rings. The molecule has 62 valence electrons. The van der Waals surface area contributed by atoms with Gasteiger partial charge in [0, 0.05) is 0 Å². The van der Waals surface area contributed by atoms with Crippen LogP contribution in [0.1, 0.15) is 19.3 Å². The fraction of sp³-hybridized carbons (Fsp3) is 0.875. The van der Waals surface area contributed by atoms with Gasteiger partial charge in [-0.3, -0.25) is 9.69 Å². The summed E-state index contributed by atoms with van der Waals surface area (Å²) in [5.74, 6) is 0.452. The molecule has 0 aromatic heterocycles. The third-order valence-corrected chi connectivity index (χ3v) is 2.94. The van der Waals surface area contributed by atoms with E-state index < -0.39 is 0 Å². The zero-order valence-electron chi connectivity index (χ0n) is 6.62. The van der Waals surface area contributed by atoms with Gasteiger partial charge >= 0.3 is 0 Å². The van der Waals surface area contributed by atoms with Crippen LogP contribution in [0, 0.1) is 5.92 Å². The first-order valence-electron chi connectivity index (χ1n) is 4.32. The van der Waals surface area contributed by atoms with E-state index in [9.17, 15) is 4.79 Å². The second-order valence-electron chi connectivity index (χ2n) is 3.57. The lowest BCUT2D eigenvalue weighted by Gasteiger charge is -2.29. The maximum absolute atomic E-state index is 11.0. The van der Waals surface area contributed by atoms with Crippen LogP contribution in [-0.2, 0) is 4.79 Å². The number of rotatable bonds is 1. The van der Waals surface area contributed by atoms with E-state index in [1.807, 2.05) is 0 Å². The molecule has 0 aromatic carbocycles. The monoisotopic (exact) mass is 154 g/mol. The van der Waals surface area contributed by atoms with Crippen LogP contribution in [0.2, 0.25) is 0 Å². The van der Waals surface area contributed by atoms with Gasteiger partial charge in [0.1, 0.15) is 0 Å². The van der Waals surface area contributed by atoms with E-state index in [1.54, 1.807) is 0 Å². The molecule has 2 aliphatic heterocycles. The Morgan fingerprint density at radius 1 is 1.36 bits per heavy atom. The van der Waals surface area contributed by atoms with Gasteiger partial charge in [-0.15, -0.1) is 0 Å². The van der Waals surface area contributed by atoms with E-state index in [0.29, 0.717) is 5.92 Å². The second kappa shape index (κ2) is 2.48. The molecule has 2 bridgehead atoms. The molecule has 0 aromatic rings. The highest BCUT2D eigenvalue weighted by Gasteiger charge is 2.40. The van der Waals surface area contributed by atoms with Crippen molar-refractivity contribution in [1.82, 2.24) is 4.90 Å². The maximum atomic E-state index is 11.0. The quantitative estimate of drug-likeness (QED) is 0.576. The van der Waals surface area contributed by atoms with Crippen molar-refractivity contribution in [1.29, 1.82) is 0 Å². The molecule has 2 saturated heterocycles. The highest BCUT2D eigenvalue weighted by molar-refractivity contribution is 5.80. The van der Waals surface area contributed by atoms with Gasteiger partial charge in [0.2, 0.25) is 5.91 Å². The molecule has 0 radical (unpaired) electrons. The van der Waals surface area contributed by atoms with Crippen molar-refractivity contribution in [3.63, 3.8) is 0 Å². The minimum absolute atomic E-state index is 0.0729. The number of carbonyl (C=O) groups excluding carboxylic acids is 1. The summed E-state index contributed by atoms with van der Waals surface area (Å²) in [6.45, 7) is 2.16. The minimum atomic E-state index is -0.118. The summed E-state index contributed by atoms with van der Waals surface area (Å²) in [7, 11) is 0. The highest BCUT2D eigenvalue weighted by Crippen LogP contribution is 2.32. The van der Waals surface area contributed by atoms with Gasteiger partial charge in [0.25, 0.3) is 0 Å². The molecule has 0 aliphatic carbocycles. The Labute approximate surface area is 66.5 Å². The van der Waals surface area contributed by atoms with Gasteiger partial charge < -0.3 is 5.73 Å². The van der Waals surface area contributed by atoms with Crippen molar-refractivity contribution in [3.05, 3.63) is 0 Å². The predicted octanol–water partition coefficient (Wildman–Crippen LogP) is -0.0440. The first-order chi connectivity index (χ1) is 5.29. The average Bonchev–Trinajstić information content (AvgIpc) is 2.23. The number of primary amides is 1. The number of hydrogen-bond donors (Lipinski definition) is 1. The first-order valence-corrected chi connectivity index (χ1v) is 4.32. The van der Waals surface area contributed by atoms with Crippen LogP contribution < -0.4 is 5.73 Å². The molecule has 3 nitrogen and oxygen atoms in total. The fourth-order valence-corrected chi connectivity index (χ4v) is 2.45. The van der Waals surface area contributed by atoms with Gasteiger partial charge in [-0.2, -0.15) is 0 Å². The lowest BCUT2D eigenvalue weighted by molar-refractivity contribution is -0.124. The number of fused-ring (bicyclic) bond motifs is 2. The molecule has 2 rings (SSSR count). The molecule has 11 heavy (non-hydrogen) atoms. The smallest absolute Gasteiger partial charge is 0.235 e. The number of nitrogens with zero attached hydrogens (tertiary/aromatic N) is 1. The minimum Gasteiger partial charge on any atom is -0.368 e. The van der Waals surface area contributed by atoms with E-state index in [-0.39, 0.29) is 11.9 Å². The van der Waals surface area contributed by atoms with Crippen molar-refractivity contribution in [2.45, 2.75) is 25.3 Å². The van der Waals surface area contributed by atoms with E-state index in [0.717, 1.165) is 13.1 Å². The van der Waals surface area contributed by atoms with Crippen molar-refractivity contribution >= 4 is 5.91 Å². The topological polar surface area (TPSA) is 46.3 Å². The van der Waals surface area contributed by atoms with Crippen molar-refractivity contribution in [2.24, 2.45) is 11.7 Å². The van der Waals surface area contributed by atoms with Crippen molar-refractivity contribution < 1.29 is 4.79 Å². The Balaban J connectivity index is 2.15. The highest BCUT2D eigenvalue weighted by atomic mass is 16.1. The summed E-state index contributed by atoms with van der Waals surface area (Å²) in [4.78, 5) is 13.2. The number of nitrogens with two attached hydrogens (primary N) is 1. The average molecular weight is 154 g/mol. The summed E-state index contributed by atoms with van der Waals surface area (Å²) < 4.78 is 0.